The molecule has 0 heterocycles. The monoisotopic (exact) mass is 418 g/mol. The molecule has 3 aliphatic rings. The molecule has 3 heteroatoms. The van der Waals surface area contributed by atoms with Gasteiger partial charge in [-0.3, -0.25) is 0 Å². The van der Waals surface area contributed by atoms with Crippen LogP contribution >= 0.6 is 0 Å². The molecule has 3 saturated carbocycles. The number of allylic oxidation sites excluding steroid dienone is 3. The largest absolute Gasteiger partial charge is 0.393 e. The van der Waals surface area contributed by atoms with Crippen LogP contribution in [0, 0.1) is 40.4 Å². The van der Waals surface area contributed by atoms with Crippen molar-refractivity contribution in [1.29, 1.82) is 0 Å². The molecule has 3 aliphatic carbocycles. The van der Waals surface area contributed by atoms with Gasteiger partial charge in [0.25, 0.3) is 0 Å². The molecule has 8 atom stereocenters. The summed E-state index contributed by atoms with van der Waals surface area (Å²) in [6.45, 7) is 11.7. The minimum atomic E-state index is -0.465. The summed E-state index contributed by atoms with van der Waals surface area (Å²) in [4.78, 5) is 0. The first-order valence-electron chi connectivity index (χ1n) is 12.5. The fourth-order valence-corrected chi connectivity index (χ4v) is 7.39. The van der Waals surface area contributed by atoms with Gasteiger partial charge in [-0.1, -0.05) is 58.4 Å². The topological polar surface area (TPSA) is 60.7 Å². The van der Waals surface area contributed by atoms with Crippen molar-refractivity contribution in [3.63, 3.8) is 0 Å². The second-order valence-electron chi connectivity index (χ2n) is 11.6. The van der Waals surface area contributed by atoms with Crippen molar-refractivity contribution in [2.24, 2.45) is 40.4 Å². The van der Waals surface area contributed by atoms with E-state index in [0.717, 1.165) is 25.7 Å². The van der Waals surface area contributed by atoms with Gasteiger partial charge in [-0.05, 0) is 86.4 Å². The van der Waals surface area contributed by atoms with Crippen LogP contribution in [0.25, 0.3) is 0 Å². The summed E-state index contributed by atoms with van der Waals surface area (Å²) in [5.74, 6) is 2.79. The predicted octanol–water partition coefficient (Wildman–Crippen LogP) is 5.50. The lowest BCUT2D eigenvalue weighted by molar-refractivity contribution is -0.0851. The number of rotatable bonds is 6. The molecule has 0 bridgehead atoms. The van der Waals surface area contributed by atoms with E-state index in [0.29, 0.717) is 36.0 Å². The first kappa shape index (κ1) is 24.0. The van der Waals surface area contributed by atoms with Crippen molar-refractivity contribution >= 4 is 0 Å². The van der Waals surface area contributed by atoms with Gasteiger partial charge in [-0.25, -0.2) is 0 Å². The molecule has 0 aromatic carbocycles. The van der Waals surface area contributed by atoms with Gasteiger partial charge in [0, 0.05) is 5.41 Å². The lowest BCUT2D eigenvalue weighted by atomic mass is 9.51. The van der Waals surface area contributed by atoms with Crippen LogP contribution in [0.15, 0.2) is 23.8 Å². The number of aliphatic hydroxyl groups excluding tert-OH is 3. The molecule has 3 fully saturated rings. The van der Waals surface area contributed by atoms with Crippen molar-refractivity contribution in [3.8, 4) is 0 Å². The Morgan fingerprint density at radius 1 is 0.967 bits per heavy atom. The summed E-state index contributed by atoms with van der Waals surface area (Å²) in [7, 11) is 0. The second-order valence-corrected chi connectivity index (χ2v) is 11.6. The van der Waals surface area contributed by atoms with Crippen LogP contribution in [0.4, 0.5) is 0 Å². The molecule has 30 heavy (non-hydrogen) atoms. The Bertz CT molecular complexity index is 638. The zero-order valence-corrected chi connectivity index (χ0v) is 20.0. The summed E-state index contributed by atoms with van der Waals surface area (Å²) in [5.41, 5.74) is 1.49. The Morgan fingerprint density at radius 2 is 1.63 bits per heavy atom. The fraction of sp³-hybridized carbons (Fsp3) is 0.852. The van der Waals surface area contributed by atoms with Crippen LogP contribution in [0.2, 0.25) is 0 Å². The standard InChI is InChI=1S/C27H46O3/c1-18(2)7-6-8-19(3)22-9-10-23-21(13-16-28)24(12-15-26(22,23)4)27(5)14-11-20(29)17-25(27)30/h6,8,13,18-20,22-25,28-30H,7,9-12,14-17H2,1-5H3. The van der Waals surface area contributed by atoms with Crippen LogP contribution in [0.5, 0.6) is 0 Å². The molecule has 0 amide bonds. The Labute approximate surface area is 184 Å². The average molecular weight is 419 g/mol. The highest BCUT2D eigenvalue weighted by molar-refractivity contribution is 5.25. The number of hydrogen-bond acceptors (Lipinski definition) is 3. The molecule has 0 saturated heterocycles. The summed E-state index contributed by atoms with van der Waals surface area (Å²) in [5, 5.41) is 30.9. The van der Waals surface area contributed by atoms with Crippen molar-refractivity contribution in [2.45, 2.75) is 98.2 Å². The summed E-state index contributed by atoms with van der Waals surface area (Å²) in [6.07, 6.45) is 14.1. The normalized spacial score (nSPS) is 44.7. The van der Waals surface area contributed by atoms with Crippen molar-refractivity contribution in [2.75, 3.05) is 6.61 Å². The minimum absolute atomic E-state index is 0.0850. The molecule has 3 nitrogen and oxygen atoms in total. The first-order chi connectivity index (χ1) is 14.1. The van der Waals surface area contributed by atoms with E-state index in [2.05, 4.69) is 52.8 Å². The Hall–Kier alpha value is -0.640. The maximum Gasteiger partial charge on any atom is 0.0624 e. The Morgan fingerprint density at radius 3 is 2.27 bits per heavy atom. The molecule has 172 valence electrons. The fourth-order valence-electron chi connectivity index (χ4n) is 7.39. The third-order valence-electron chi connectivity index (χ3n) is 9.26. The number of aliphatic hydroxyl groups is 3. The molecular weight excluding hydrogens is 372 g/mol. The first-order valence-corrected chi connectivity index (χ1v) is 12.5. The zero-order valence-electron chi connectivity index (χ0n) is 20.0. The van der Waals surface area contributed by atoms with Crippen LogP contribution < -0.4 is 0 Å². The quantitative estimate of drug-likeness (QED) is 0.499. The number of hydrogen-bond donors (Lipinski definition) is 3. The van der Waals surface area contributed by atoms with E-state index >= 15 is 0 Å². The van der Waals surface area contributed by atoms with Gasteiger partial charge in [-0.15, -0.1) is 0 Å². The van der Waals surface area contributed by atoms with E-state index in [1.165, 1.54) is 24.8 Å². The van der Waals surface area contributed by atoms with Crippen LogP contribution in [-0.2, 0) is 0 Å². The summed E-state index contributed by atoms with van der Waals surface area (Å²) < 4.78 is 0. The maximum atomic E-state index is 11.0. The van der Waals surface area contributed by atoms with Crippen molar-refractivity contribution < 1.29 is 15.3 Å². The maximum absolute atomic E-state index is 11.0. The smallest absolute Gasteiger partial charge is 0.0624 e. The lowest BCUT2D eigenvalue weighted by Crippen LogP contribution is -2.50. The zero-order chi connectivity index (χ0) is 22.1. The van der Waals surface area contributed by atoms with Gasteiger partial charge < -0.3 is 15.3 Å². The van der Waals surface area contributed by atoms with Crippen molar-refractivity contribution in [1.82, 2.24) is 0 Å². The predicted molar refractivity (Wildman–Crippen MR) is 124 cm³/mol. The molecule has 0 aromatic heterocycles. The third-order valence-corrected chi connectivity index (χ3v) is 9.26. The molecule has 3 N–H and O–H groups in total. The van der Waals surface area contributed by atoms with Gasteiger partial charge in [0.1, 0.15) is 0 Å². The van der Waals surface area contributed by atoms with Crippen LogP contribution in [0.1, 0.15) is 86.0 Å². The molecule has 0 aliphatic heterocycles. The van der Waals surface area contributed by atoms with Crippen LogP contribution in [-0.4, -0.2) is 34.1 Å². The highest BCUT2D eigenvalue weighted by Gasteiger charge is 2.56. The van der Waals surface area contributed by atoms with E-state index in [4.69, 9.17) is 0 Å². The highest BCUT2D eigenvalue weighted by Crippen LogP contribution is 2.64. The summed E-state index contributed by atoms with van der Waals surface area (Å²) in [6, 6.07) is 0. The van der Waals surface area contributed by atoms with Gasteiger partial charge in [-0.2, -0.15) is 0 Å². The van der Waals surface area contributed by atoms with Gasteiger partial charge >= 0.3 is 0 Å². The minimum Gasteiger partial charge on any atom is -0.393 e. The molecule has 3 rings (SSSR count). The molecule has 0 aromatic rings. The van der Waals surface area contributed by atoms with E-state index < -0.39 is 6.10 Å². The average Bonchev–Trinajstić information content (AvgIpc) is 3.02. The molecule has 0 spiro atoms. The Balaban J connectivity index is 1.83. The lowest BCUT2D eigenvalue weighted by Gasteiger charge is -2.54. The summed E-state index contributed by atoms with van der Waals surface area (Å²) >= 11 is 0. The van der Waals surface area contributed by atoms with E-state index in [-0.39, 0.29) is 23.5 Å². The van der Waals surface area contributed by atoms with E-state index in [1.807, 2.05) is 0 Å². The van der Waals surface area contributed by atoms with Crippen LogP contribution in [0.3, 0.4) is 0 Å². The SMILES string of the molecule is CC(C)CC=CC(C)C1CCC2C(=CCO)C(C3(C)CCC(O)CC3O)CCC21C. The molecule has 0 radical (unpaired) electrons. The molecular formula is C27H46O3. The van der Waals surface area contributed by atoms with Gasteiger partial charge in [0.2, 0.25) is 0 Å². The third kappa shape index (κ3) is 4.45. The Kier molecular flexibility index (Phi) is 7.58. The van der Waals surface area contributed by atoms with Gasteiger partial charge in [0.15, 0.2) is 0 Å². The van der Waals surface area contributed by atoms with E-state index in [9.17, 15) is 15.3 Å². The van der Waals surface area contributed by atoms with Crippen molar-refractivity contribution in [3.05, 3.63) is 23.8 Å². The van der Waals surface area contributed by atoms with E-state index in [1.54, 1.807) is 0 Å². The number of fused-ring (bicyclic) bond motifs is 1. The second kappa shape index (κ2) is 9.46. The van der Waals surface area contributed by atoms with Gasteiger partial charge in [0.05, 0.1) is 18.8 Å². The highest BCUT2D eigenvalue weighted by atomic mass is 16.3. The molecule has 8 unspecified atom stereocenters.